The molecule has 1 N–H and O–H groups in total. The van der Waals surface area contributed by atoms with Crippen LogP contribution in [0.2, 0.25) is 5.02 Å². The van der Waals surface area contributed by atoms with E-state index >= 15 is 0 Å². The Balaban J connectivity index is 2.16. The zero-order valence-electron chi connectivity index (χ0n) is 10.2. The molecule has 0 bridgehead atoms. The first-order valence-electron chi connectivity index (χ1n) is 5.77. The molecular weight excluding hydrogens is 304 g/mol. The molecule has 21 heavy (non-hydrogen) atoms. The SMILES string of the molecule is O=C(c1cc(F)cc(F)c1)c1cc2oc(=O)[nH]c2cc1Cl. The van der Waals surface area contributed by atoms with Crippen molar-refractivity contribution in [2.45, 2.75) is 0 Å². The molecule has 0 aliphatic heterocycles. The second kappa shape index (κ2) is 4.82. The Morgan fingerprint density at radius 2 is 1.76 bits per heavy atom. The van der Waals surface area contributed by atoms with Crippen LogP contribution in [0.5, 0.6) is 0 Å². The van der Waals surface area contributed by atoms with Crippen molar-refractivity contribution in [1.29, 1.82) is 0 Å². The molecule has 0 radical (unpaired) electrons. The summed E-state index contributed by atoms with van der Waals surface area (Å²) in [7, 11) is 0. The molecule has 4 nitrogen and oxygen atoms in total. The summed E-state index contributed by atoms with van der Waals surface area (Å²) < 4.78 is 31.2. The number of fused-ring (bicyclic) bond motifs is 1. The van der Waals surface area contributed by atoms with Gasteiger partial charge < -0.3 is 4.42 Å². The standard InChI is InChI=1S/C14H6ClF2NO3/c15-10-5-11-12(21-14(20)18-11)4-9(10)13(19)6-1-7(16)3-8(17)2-6/h1-5H,(H,18,20). The third kappa shape index (κ3) is 2.45. The number of carbonyl (C=O) groups excluding carboxylic acids is 1. The molecule has 0 unspecified atom stereocenters. The second-order valence-corrected chi connectivity index (χ2v) is 4.74. The van der Waals surface area contributed by atoms with Gasteiger partial charge in [0.15, 0.2) is 11.4 Å². The van der Waals surface area contributed by atoms with Crippen molar-refractivity contribution in [2.24, 2.45) is 0 Å². The minimum atomic E-state index is -0.872. The van der Waals surface area contributed by atoms with Gasteiger partial charge in [-0.1, -0.05) is 11.6 Å². The predicted octanol–water partition coefficient (Wildman–Crippen LogP) is 3.28. The Morgan fingerprint density at radius 1 is 1.10 bits per heavy atom. The molecule has 0 aliphatic carbocycles. The molecular formula is C14H6ClF2NO3. The molecule has 3 rings (SSSR count). The fourth-order valence-corrected chi connectivity index (χ4v) is 2.23. The van der Waals surface area contributed by atoms with Crippen molar-refractivity contribution in [1.82, 2.24) is 4.98 Å². The number of aromatic amines is 1. The van der Waals surface area contributed by atoms with E-state index < -0.39 is 23.2 Å². The van der Waals surface area contributed by atoms with Crippen LogP contribution in [0.1, 0.15) is 15.9 Å². The average molecular weight is 310 g/mol. The summed E-state index contributed by atoms with van der Waals surface area (Å²) >= 11 is 5.96. The summed E-state index contributed by atoms with van der Waals surface area (Å²) in [6.45, 7) is 0. The van der Waals surface area contributed by atoms with Crippen molar-refractivity contribution >= 4 is 28.5 Å². The molecule has 0 spiro atoms. The van der Waals surface area contributed by atoms with Gasteiger partial charge in [-0.05, 0) is 24.3 Å². The minimum Gasteiger partial charge on any atom is -0.408 e. The van der Waals surface area contributed by atoms with Crippen LogP contribution in [0, 0.1) is 11.6 Å². The van der Waals surface area contributed by atoms with Crippen LogP contribution in [0.3, 0.4) is 0 Å². The van der Waals surface area contributed by atoms with E-state index in [1.807, 2.05) is 0 Å². The van der Waals surface area contributed by atoms with Gasteiger partial charge in [0.25, 0.3) is 0 Å². The Bertz CT molecular complexity index is 909. The van der Waals surface area contributed by atoms with Crippen LogP contribution < -0.4 is 5.76 Å². The Kier molecular flexibility index (Phi) is 3.10. The monoisotopic (exact) mass is 309 g/mol. The van der Waals surface area contributed by atoms with Crippen LogP contribution in [-0.4, -0.2) is 10.8 Å². The van der Waals surface area contributed by atoms with Crippen molar-refractivity contribution in [3.05, 3.63) is 68.7 Å². The highest BCUT2D eigenvalue weighted by Gasteiger charge is 2.17. The molecule has 3 aromatic rings. The highest BCUT2D eigenvalue weighted by atomic mass is 35.5. The van der Waals surface area contributed by atoms with E-state index in [1.165, 1.54) is 12.1 Å². The molecule has 2 aromatic carbocycles. The van der Waals surface area contributed by atoms with Crippen LogP contribution in [0.25, 0.3) is 11.1 Å². The Labute approximate surface area is 121 Å². The molecule has 0 amide bonds. The highest BCUT2D eigenvalue weighted by Crippen LogP contribution is 2.25. The van der Waals surface area contributed by atoms with Gasteiger partial charge in [-0.2, -0.15) is 0 Å². The van der Waals surface area contributed by atoms with E-state index in [9.17, 15) is 18.4 Å². The normalized spacial score (nSPS) is 11.0. The van der Waals surface area contributed by atoms with Gasteiger partial charge in [0.2, 0.25) is 0 Å². The van der Waals surface area contributed by atoms with E-state index in [1.54, 1.807) is 0 Å². The van der Waals surface area contributed by atoms with Gasteiger partial charge in [0.05, 0.1) is 10.5 Å². The third-order valence-electron chi connectivity index (χ3n) is 2.88. The summed E-state index contributed by atoms with van der Waals surface area (Å²) in [6, 6.07) is 5.05. The van der Waals surface area contributed by atoms with E-state index in [0.717, 1.165) is 12.1 Å². The largest absolute Gasteiger partial charge is 0.417 e. The summed E-state index contributed by atoms with van der Waals surface area (Å²) in [6.07, 6.45) is 0. The topological polar surface area (TPSA) is 63.1 Å². The van der Waals surface area contributed by atoms with Crippen molar-refractivity contribution < 1.29 is 18.0 Å². The van der Waals surface area contributed by atoms with E-state index in [2.05, 4.69) is 4.98 Å². The third-order valence-corrected chi connectivity index (χ3v) is 3.19. The van der Waals surface area contributed by atoms with Crippen molar-refractivity contribution in [2.75, 3.05) is 0 Å². The van der Waals surface area contributed by atoms with Crippen LogP contribution in [0.15, 0.2) is 39.5 Å². The lowest BCUT2D eigenvalue weighted by molar-refractivity contribution is 0.103. The predicted molar refractivity (Wildman–Crippen MR) is 71.6 cm³/mol. The van der Waals surface area contributed by atoms with Crippen molar-refractivity contribution in [3.8, 4) is 0 Å². The fraction of sp³-hybridized carbons (Fsp3) is 0. The van der Waals surface area contributed by atoms with E-state index in [-0.39, 0.29) is 21.7 Å². The molecule has 0 saturated heterocycles. The average Bonchev–Trinajstić information content (AvgIpc) is 2.75. The number of benzene rings is 2. The molecule has 0 aliphatic rings. The molecule has 1 heterocycles. The fourth-order valence-electron chi connectivity index (χ4n) is 1.99. The zero-order valence-corrected chi connectivity index (χ0v) is 11.0. The number of hydrogen-bond donors (Lipinski definition) is 1. The maximum atomic E-state index is 13.2. The number of H-pyrrole nitrogens is 1. The van der Waals surface area contributed by atoms with Gasteiger partial charge in [-0.15, -0.1) is 0 Å². The molecule has 0 atom stereocenters. The summed E-state index contributed by atoms with van der Waals surface area (Å²) in [5.74, 6) is -3.11. The molecule has 7 heteroatoms. The number of rotatable bonds is 2. The van der Waals surface area contributed by atoms with Gasteiger partial charge in [-0.3, -0.25) is 9.78 Å². The first-order valence-corrected chi connectivity index (χ1v) is 6.15. The lowest BCUT2D eigenvalue weighted by Gasteiger charge is -2.04. The quantitative estimate of drug-likeness (QED) is 0.739. The van der Waals surface area contributed by atoms with Crippen LogP contribution >= 0.6 is 11.6 Å². The first kappa shape index (κ1) is 13.5. The van der Waals surface area contributed by atoms with Gasteiger partial charge in [-0.25, -0.2) is 13.6 Å². The highest BCUT2D eigenvalue weighted by molar-refractivity contribution is 6.35. The number of oxazole rings is 1. The maximum absolute atomic E-state index is 13.2. The Morgan fingerprint density at radius 3 is 2.43 bits per heavy atom. The van der Waals surface area contributed by atoms with Gasteiger partial charge in [0, 0.05) is 17.2 Å². The summed E-state index contributed by atoms with van der Waals surface area (Å²) in [5.41, 5.74) is 0.250. The first-order chi connectivity index (χ1) is 9.94. The summed E-state index contributed by atoms with van der Waals surface area (Å²) in [5, 5.41) is 0.0363. The number of hydrogen-bond acceptors (Lipinski definition) is 3. The molecule has 0 fully saturated rings. The number of nitrogens with one attached hydrogen (secondary N) is 1. The minimum absolute atomic E-state index is 0.0167. The van der Waals surface area contributed by atoms with Gasteiger partial charge in [0.1, 0.15) is 11.6 Å². The van der Waals surface area contributed by atoms with Crippen LogP contribution in [0.4, 0.5) is 8.78 Å². The van der Waals surface area contributed by atoms with Crippen LogP contribution in [-0.2, 0) is 0 Å². The second-order valence-electron chi connectivity index (χ2n) is 4.33. The summed E-state index contributed by atoms with van der Waals surface area (Å²) in [4.78, 5) is 25.8. The van der Waals surface area contributed by atoms with E-state index in [4.69, 9.17) is 16.0 Å². The molecule has 0 saturated carbocycles. The smallest absolute Gasteiger partial charge is 0.408 e. The van der Waals surface area contributed by atoms with Crippen molar-refractivity contribution in [3.63, 3.8) is 0 Å². The number of carbonyl (C=O) groups is 1. The Hall–Kier alpha value is -2.47. The number of aromatic nitrogens is 1. The lowest BCUT2D eigenvalue weighted by Crippen LogP contribution is -2.03. The number of halogens is 3. The maximum Gasteiger partial charge on any atom is 0.417 e. The molecule has 1 aromatic heterocycles. The van der Waals surface area contributed by atoms with E-state index in [0.29, 0.717) is 11.6 Å². The van der Waals surface area contributed by atoms with Gasteiger partial charge >= 0.3 is 5.76 Å². The number of ketones is 1. The molecule has 106 valence electrons. The lowest BCUT2D eigenvalue weighted by atomic mass is 10.0. The zero-order chi connectivity index (χ0) is 15.1.